The number of carbonyl (C=O) groups is 1. The third-order valence-corrected chi connectivity index (χ3v) is 3.35. The Morgan fingerprint density at radius 1 is 1.33 bits per heavy atom. The van der Waals surface area contributed by atoms with Crippen LogP contribution >= 0.6 is 0 Å². The van der Waals surface area contributed by atoms with Crippen molar-refractivity contribution in [1.82, 2.24) is 10.6 Å². The van der Waals surface area contributed by atoms with Crippen LogP contribution in [0.1, 0.15) is 44.7 Å². The van der Waals surface area contributed by atoms with E-state index in [9.17, 15) is 4.79 Å². The summed E-state index contributed by atoms with van der Waals surface area (Å²) in [5.74, 6) is 0.762. The van der Waals surface area contributed by atoms with Crippen molar-refractivity contribution in [2.75, 3.05) is 13.1 Å². The van der Waals surface area contributed by atoms with E-state index in [1.165, 1.54) is 0 Å². The summed E-state index contributed by atoms with van der Waals surface area (Å²) >= 11 is 0. The number of amides is 1. The van der Waals surface area contributed by atoms with Gasteiger partial charge in [0.15, 0.2) is 6.10 Å². The molecular formula is C17H28N2O2. The smallest absolute Gasteiger partial charge is 0.260 e. The minimum atomic E-state index is -0.483. The van der Waals surface area contributed by atoms with Crippen molar-refractivity contribution >= 4 is 5.91 Å². The highest BCUT2D eigenvalue weighted by Gasteiger charge is 2.17. The Balaban J connectivity index is 2.69. The summed E-state index contributed by atoms with van der Waals surface area (Å²) in [5, 5.41) is 6.20. The Morgan fingerprint density at radius 3 is 2.76 bits per heavy atom. The van der Waals surface area contributed by atoms with Crippen LogP contribution in [-0.2, 0) is 11.3 Å². The molecule has 21 heavy (non-hydrogen) atoms. The molecule has 0 heterocycles. The largest absolute Gasteiger partial charge is 0.480 e. The molecule has 0 saturated heterocycles. The van der Waals surface area contributed by atoms with E-state index in [1.54, 1.807) is 6.92 Å². The first kappa shape index (κ1) is 17.5. The lowest BCUT2D eigenvalue weighted by molar-refractivity contribution is -0.127. The van der Waals surface area contributed by atoms with Crippen molar-refractivity contribution in [3.63, 3.8) is 0 Å². The third kappa shape index (κ3) is 5.76. The number of rotatable bonds is 9. The van der Waals surface area contributed by atoms with Gasteiger partial charge in [0.05, 0.1) is 0 Å². The molecule has 4 nitrogen and oxygen atoms in total. The maximum absolute atomic E-state index is 12.0. The second-order valence-corrected chi connectivity index (χ2v) is 5.25. The molecule has 1 aromatic rings. The number of aryl methyl sites for hydroxylation is 1. The molecule has 0 bridgehead atoms. The fourth-order valence-electron chi connectivity index (χ4n) is 2.04. The molecule has 1 unspecified atom stereocenters. The van der Waals surface area contributed by atoms with Crippen LogP contribution in [0, 0.1) is 6.92 Å². The molecule has 0 fully saturated rings. The van der Waals surface area contributed by atoms with Crippen LogP contribution in [0.5, 0.6) is 5.75 Å². The van der Waals surface area contributed by atoms with Gasteiger partial charge in [0, 0.05) is 18.7 Å². The van der Waals surface area contributed by atoms with Crippen molar-refractivity contribution < 1.29 is 9.53 Å². The lowest BCUT2D eigenvalue weighted by Gasteiger charge is -2.19. The van der Waals surface area contributed by atoms with Gasteiger partial charge in [0.2, 0.25) is 0 Å². The van der Waals surface area contributed by atoms with Crippen molar-refractivity contribution in [1.29, 1.82) is 0 Å². The highest BCUT2D eigenvalue weighted by atomic mass is 16.5. The van der Waals surface area contributed by atoms with Gasteiger partial charge in [-0.25, -0.2) is 0 Å². The number of unbranched alkanes of at least 4 members (excludes halogenated alkanes) is 1. The minimum Gasteiger partial charge on any atom is -0.480 e. The van der Waals surface area contributed by atoms with E-state index in [2.05, 4.69) is 24.5 Å². The summed E-state index contributed by atoms with van der Waals surface area (Å²) in [4.78, 5) is 12.0. The standard InChI is InChI=1S/C17H28N2O2/c1-5-7-11-19-17(20)14(4)21-16-13(3)9-8-10-15(16)12-18-6-2/h8-10,14,18H,5-7,11-12H2,1-4H3,(H,19,20). The van der Waals surface area contributed by atoms with Gasteiger partial charge in [-0.2, -0.15) is 0 Å². The lowest BCUT2D eigenvalue weighted by atomic mass is 10.1. The maximum Gasteiger partial charge on any atom is 0.260 e. The molecule has 2 N–H and O–H groups in total. The molecule has 0 aliphatic heterocycles. The summed E-state index contributed by atoms with van der Waals surface area (Å²) in [6.07, 6.45) is 1.58. The van der Waals surface area contributed by atoms with Gasteiger partial charge in [0.25, 0.3) is 5.91 Å². The molecule has 1 rings (SSSR count). The molecule has 0 spiro atoms. The summed E-state index contributed by atoms with van der Waals surface area (Å²) in [7, 11) is 0. The van der Waals surface area contributed by atoms with Crippen molar-refractivity contribution in [2.24, 2.45) is 0 Å². The SMILES string of the molecule is CCCCNC(=O)C(C)Oc1c(C)cccc1CNCC. The monoisotopic (exact) mass is 292 g/mol. The van der Waals surface area contributed by atoms with Gasteiger partial charge in [-0.05, 0) is 32.4 Å². The zero-order valence-corrected chi connectivity index (χ0v) is 13.7. The number of benzene rings is 1. The Labute approximate surface area is 128 Å². The minimum absolute atomic E-state index is 0.0545. The highest BCUT2D eigenvalue weighted by Crippen LogP contribution is 2.24. The van der Waals surface area contributed by atoms with E-state index in [-0.39, 0.29) is 5.91 Å². The number of para-hydroxylation sites is 1. The number of nitrogens with one attached hydrogen (secondary N) is 2. The molecule has 0 radical (unpaired) electrons. The van der Waals surface area contributed by atoms with Crippen LogP contribution in [0.2, 0.25) is 0 Å². The average Bonchev–Trinajstić information content (AvgIpc) is 2.47. The number of ether oxygens (including phenoxy) is 1. The molecule has 4 heteroatoms. The second-order valence-electron chi connectivity index (χ2n) is 5.25. The predicted octanol–water partition coefficient (Wildman–Crippen LogP) is 2.79. The van der Waals surface area contributed by atoms with Crippen LogP contribution in [-0.4, -0.2) is 25.1 Å². The van der Waals surface area contributed by atoms with Crippen LogP contribution in [0.3, 0.4) is 0 Å². The fourth-order valence-corrected chi connectivity index (χ4v) is 2.04. The topological polar surface area (TPSA) is 50.4 Å². The zero-order valence-electron chi connectivity index (χ0n) is 13.7. The van der Waals surface area contributed by atoms with E-state index in [0.29, 0.717) is 6.54 Å². The normalized spacial score (nSPS) is 12.0. The van der Waals surface area contributed by atoms with E-state index < -0.39 is 6.10 Å². The highest BCUT2D eigenvalue weighted by molar-refractivity contribution is 5.80. The summed E-state index contributed by atoms with van der Waals surface area (Å²) in [5.41, 5.74) is 2.14. The van der Waals surface area contributed by atoms with Crippen molar-refractivity contribution in [3.8, 4) is 5.75 Å². The molecule has 0 aromatic heterocycles. The first-order valence-corrected chi connectivity index (χ1v) is 7.83. The molecule has 0 aliphatic carbocycles. The summed E-state index contributed by atoms with van der Waals surface area (Å²) < 4.78 is 5.91. The first-order chi connectivity index (χ1) is 10.1. The van der Waals surface area contributed by atoms with Gasteiger partial charge in [0.1, 0.15) is 5.75 Å². The van der Waals surface area contributed by atoms with Crippen LogP contribution in [0.4, 0.5) is 0 Å². The summed E-state index contributed by atoms with van der Waals surface area (Å²) in [6.45, 7) is 10.3. The van der Waals surface area contributed by atoms with Crippen molar-refractivity contribution in [3.05, 3.63) is 29.3 Å². The fraction of sp³-hybridized carbons (Fsp3) is 0.588. The van der Waals surface area contributed by atoms with Crippen LogP contribution in [0.15, 0.2) is 18.2 Å². The zero-order chi connectivity index (χ0) is 15.7. The van der Waals surface area contributed by atoms with Gasteiger partial charge in [-0.3, -0.25) is 4.79 Å². The molecule has 1 aromatic carbocycles. The van der Waals surface area contributed by atoms with Crippen LogP contribution in [0.25, 0.3) is 0 Å². The summed E-state index contributed by atoms with van der Waals surface area (Å²) in [6, 6.07) is 6.06. The van der Waals surface area contributed by atoms with Gasteiger partial charge in [-0.1, -0.05) is 38.5 Å². The molecule has 0 saturated carbocycles. The predicted molar refractivity (Wildman–Crippen MR) is 86.6 cm³/mol. The van der Waals surface area contributed by atoms with E-state index in [1.807, 2.05) is 25.1 Å². The second kappa shape index (κ2) is 9.40. The van der Waals surface area contributed by atoms with Gasteiger partial charge >= 0.3 is 0 Å². The lowest BCUT2D eigenvalue weighted by Crippen LogP contribution is -2.37. The van der Waals surface area contributed by atoms with Gasteiger partial charge < -0.3 is 15.4 Å². The third-order valence-electron chi connectivity index (χ3n) is 3.35. The molecule has 0 aliphatic rings. The van der Waals surface area contributed by atoms with E-state index in [4.69, 9.17) is 4.74 Å². The quantitative estimate of drug-likeness (QED) is 0.688. The molecule has 1 amide bonds. The molecular weight excluding hydrogens is 264 g/mol. The Hall–Kier alpha value is -1.55. The molecule has 118 valence electrons. The van der Waals surface area contributed by atoms with Gasteiger partial charge in [-0.15, -0.1) is 0 Å². The van der Waals surface area contributed by atoms with Crippen LogP contribution < -0.4 is 15.4 Å². The number of hydrogen-bond donors (Lipinski definition) is 2. The maximum atomic E-state index is 12.0. The van der Waals surface area contributed by atoms with E-state index in [0.717, 1.165) is 42.8 Å². The number of hydrogen-bond acceptors (Lipinski definition) is 3. The van der Waals surface area contributed by atoms with Crippen molar-refractivity contribution in [2.45, 2.75) is 53.2 Å². The Morgan fingerprint density at radius 2 is 2.10 bits per heavy atom. The van der Waals surface area contributed by atoms with E-state index >= 15 is 0 Å². The average molecular weight is 292 g/mol. The molecule has 1 atom stereocenters. The Bertz CT molecular complexity index is 446. The first-order valence-electron chi connectivity index (χ1n) is 7.83. The Kier molecular flexibility index (Phi) is 7.83. The number of carbonyl (C=O) groups excluding carboxylic acids is 1.